The molecule has 5 rings (SSSR count). The van der Waals surface area contributed by atoms with Gasteiger partial charge in [-0.15, -0.1) is 0 Å². The fourth-order valence-electron chi connectivity index (χ4n) is 11.1. The molecule has 0 aromatic rings. The summed E-state index contributed by atoms with van der Waals surface area (Å²) in [6.07, 6.45) is 22.8. The third kappa shape index (κ3) is 8.77. The maximum Gasteiger partial charge on any atom is 0.0594 e. The lowest BCUT2D eigenvalue weighted by atomic mass is 9.41. The predicted molar refractivity (Wildman–Crippen MR) is 196 cm³/mol. The van der Waals surface area contributed by atoms with Gasteiger partial charge in [0.2, 0.25) is 0 Å². The molecule has 1 N–H and O–H groups in total. The summed E-state index contributed by atoms with van der Waals surface area (Å²) in [6.45, 7) is 29.4. The molecule has 0 aromatic carbocycles. The maximum absolute atomic E-state index is 11.1. The van der Waals surface area contributed by atoms with Crippen molar-refractivity contribution in [2.75, 3.05) is 13.1 Å². The van der Waals surface area contributed by atoms with Gasteiger partial charge in [0, 0.05) is 19.3 Å². The highest BCUT2D eigenvalue weighted by Gasteiger charge is 2.62. The van der Waals surface area contributed by atoms with Crippen molar-refractivity contribution >= 4 is 0 Å². The smallest absolute Gasteiger partial charge is 0.0594 e. The Morgan fingerprint density at radius 3 is 2.20 bits per heavy atom. The first kappa shape index (κ1) is 39.4. The Kier molecular flexibility index (Phi) is 15.1. The largest absolute Gasteiger partial charge is 0.390 e. The van der Waals surface area contributed by atoms with Crippen LogP contribution >= 0.6 is 0 Å². The van der Waals surface area contributed by atoms with Crippen LogP contribution in [-0.4, -0.2) is 28.7 Å². The minimum atomic E-state index is -0.573. The molecule has 1 heterocycles. The molecule has 258 valence electrons. The minimum Gasteiger partial charge on any atom is -0.390 e. The molecule has 5 aliphatic rings. The molecular formula is C42H79NO. The van der Waals surface area contributed by atoms with Crippen molar-refractivity contribution in [2.45, 2.75) is 179 Å². The number of likely N-dealkylation sites (tertiary alicyclic amines) is 1. The number of allylic oxidation sites excluding steroid dienone is 2. The Hall–Kier alpha value is -0.760. The Labute approximate surface area is 277 Å². The third-order valence-corrected chi connectivity index (χ3v) is 13.0. The molecule has 0 amide bonds. The molecule has 1 aliphatic heterocycles. The van der Waals surface area contributed by atoms with Crippen LogP contribution in [0.3, 0.4) is 0 Å². The predicted octanol–water partition coefficient (Wildman–Crippen LogP) is 12.5. The molecule has 8 atom stereocenters. The zero-order chi connectivity index (χ0) is 32.0. The maximum atomic E-state index is 11.1. The summed E-state index contributed by atoms with van der Waals surface area (Å²) in [6, 6.07) is 0. The SMILES string of the molecule is C.C=C1CC2CC(CC(C)(C)O)C3C4CCC(CCCCC(C)C)C4(C)CCC3C2(C)C/C1=C\N1CCCCC1.CC.CC. The second-order valence-electron chi connectivity index (χ2n) is 16.7. The van der Waals surface area contributed by atoms with Gasteiger partial charge in [-0.2, -0.15) is 0 Å². The molecular weight excluding hydrogens is 534 g/mol. The number of hydrogen-bond acceptors (Lipinski definition) is 2. The monoisotopic (exact) mass is 614 g/mol. The molecule has 2 nitrogen and oxygen atoms in total. The van der Waals surface area contributed by atoms with Gasteiger partial charge in [-0.05, 0) is 149 Å². The molecule has 0 bridgehead atoms. The summed E-state index contributed by atoms with van der Waals surface area (Å²) in [7, 11) is 0. The van der Waals surface area contributed by atoms with Crippen molar-refractivity contribution in [3.63, 3.8) is 0 Å². The molecule has 1 saturated heterocycles. The van der Waals surface area contributed by atoms with Crippen LogP contribution in [0.15, 0.2) is 23.9 Å². The number of nitrogens with zero attached hydrogens (tertiary/aromatic N) is 1. The van der Waals surface area contributed by atoms with Gasteiger partial charge in [-0.1, -0.05) is 94.2 Å². The summed E-state index contributed by atoms with van der Waals surface area (Å²) < 4.78 is 0. The Balaban J connectivity index is 0.00000130. The number of aliphatic hydroxyl groups is 1. The molecule has 0 aromatic heterocycles. The van der Waals surface area contributed by atoms with Gasteiger partial charge in [-0.25, -0.2) is 0 Å². The van der Waals surface area contributed by atoms with Crippen molar-refractivity contribution in [1.82, 2.24) is 4.90 Å². The summed E-state index contributed by atoms with van der Waals surface area (Å²) in [5.74, 6) is 5.61. The van der Waals surface area contributed by atoms with Gasteiger partial charge in [-0.3, -0.25) is 0 Å². The first-order valence-corrected chi connectivity index (χ1v) is 19.3. The van der Waals surface area contributed by atoms with Gasteiger partial charge in [0.25, 0.3) is 0 Å². The van der Waals surface area contributed by atoms with E-state index in [-0.39, 0.29) is 7.43 Å². The average Bonchev–Trinajstić information content (AvgIpc) is 3.30. The van der Waals surface area contributed by atoms with E-state index in [1.165, 1.54) is 109 Å². The summed E-state index contributed by atoms with van der Waals surface area (Å²) >= 11 is 0. The zero-order valence-corrected chi connectivity index (χ0v) is 30.7. The zero-order valence-electron chi connectivity index (χ0n) is 30.7. The number of fused-ring (bicyclic) bond motifs is 5. The Morgan fingerprint density at radius 2 is 1.59 bits per heavy atom. The molecule has 5 fully saturated rings. The Bertz CT molecular complexity index is 890. The van der Waals surface area contributed by atoms with E-state index in [9.17, 15) is 5.11 Å². The second kappa shape index (κ2) is 16.9. The van der Waals surface area contributed by atoms with Gasteiger partial charge in [0.1, 0.15) is 0 Å². The van der Waals surface area contributed by atoms with Gasteiger partial charge in [0.05, 0.1) is 5.60 Å². The first-order valence-electron chi connectivity index (χ1n) is 19.3. The molecule has 0 radical (unpaired) electrons. The Morgan fingerprint density at radius 1 is 0.955 bits per heavy atom. The molecule has 0 spiro atoms. The highest BCUT2D eigenvalue weighted by atomic mass is 16.3. The van der Waals surface area contributed by atoms with Gasteiger partial charge < -0.3 is 10.0 Å². The van der Waals surface area contributed by atoms with E-state index < -0.39 is 5.60 Å². The first-order chi connectivity index (χ1) is 20.4. The number of unbranched alkanes of at least 4 members (excludes halogenated alkanes) is 1. The quantitative estimate of drug-likeness (QED) is 0.275. The summed E-state index contributed by atoms with van der Waals surface area (Å²) in [5, 5.41) is 11.1. The van der Waals surface area contributed by atoms with E-state index in [2.05, 4.69) is 59.2 Å². The fraction of sp³-hybridized carbons (Fsp3) is 0.905. The van der Waals surface area contributed by atoms with Crippen molar-refractivity contribution < 1.29 is 5.11 Å². The lowest BCUT2D eigenvalue weighted by Gasteiger charge is -2.63. The normalized spacial score (nSPS) is 37.5. The van der Waals surface area contributed by atoms with Crippen LogP contribution in [-0.2, 0) is 0 Å². The minimum absolute atomic E-state index is 0. The lowest BCUT2D eigenvalue weighted by Crippen LogP contribution is -2.57. The van der Waals surface area contributed by atoms with Gasteiger partial charge in [0.15, 0.2) is 0 Å². The molecule has 4 saturated carbocycles. The molecule has 2 heteroatoms. The number of hydrogen-bond donors (Lipinski definition) is 1. The highest BCUT2D eigenvalue weighted by Crippen LogP contribution is 2.70. The molecule has 4 aliphatic carbocycles. The molecule has 44 heavy (non-hydrogen) atoms. The summed E-state index contributed by atoms with van der Waals surface area (Å²) in [5.41, 5.74) is 3.34. The topological polar surface area (TPSA) is 23.5 Å². The van der Waals surface area contributed by atoms with E-state index in [0.717, 1.165) is 41.9 Å². The van der Waals surface area contributed by atoms with E-state index in [4.69, 9.17) is 0 Å². The van der Waals surface area contributed by atoms with Crippen molar-refractivity contribution in [2.24, 2.45) is 52.3 Å². The fourth-order valence-corrected chi connectivity index (χ4v) is 11.1. The van der Waals surface area contributed by atoms with Crippen LogP contribution in [0.4, 0.5) is 0 Å². The number of rotatable bonds is 8. The standard InChI is InChI=1S/C37H63NO.2C2H6.CH4/c1-26(2)13-9-10-14-30-15-16-32-34-28(23-35(4,5)39)22-31-21-27(3)29(25-38-19-11-8-12-20-38)24-37(31,7)33(34)17-18-36(30,32)6;2*1-2;/h25-26,28,30-34,39H,3,8-24H2,1-2,4-7H3;2*1-2H3;1H4/b29-25+;;;. The number of piperidine rings is 1. The highest BCUT2D eigenvalue weighted by molar-refractivity contribution is 5.34. The van der Waals surface area contributed by atoms with Crippen LogP contribution in [0, 0.1) is 52.3 Å². The van der Waals surface area contributed by atoms with Crippen molar-refractivity contribution in [3.05, 3.63) is 23.9 Å². The summed E-state index contributed by atoms with van der Waals surface area (Å²) in [4.78, 5) is 2.61. The van der Waals surface area contributed by atoms with Crippen LogP contribution in [0.2, 0.25) is 0 Å². The van der Waals surface area contributed by atoms with E-state index >= 15 is 0 Å². The van der Waals surface area contributed by atoms with Crippen LogP contribution in [0.25, 0.3) is 0 Å². The van der Waals surface area contributed by atoms with Crippen LogP contribution in [0.5, 0.6) is 0 Å². The van der Waals surface area contributed by atoms with Gasteiger partial charge >= 0.3 is 0 Å². The molecule has 8 unspecified atom stereocenters. The average molecular weight is 614 g/mol. The van der Waals surface area contributed by atoms with E-state index in [1.807, 2.05) is 27.7 Å². The lowest BCUT2D eigenvalue weighted by molar-refractivity contribution is -0.140. The van der Waals surface area contributed by atoms with Crippen molar-refractivity contribution in [1.29, 1.82) is 0 Å². The third-order valence-electron chi connectivity index (χ3n) is 13.0. The van der Waals surface area contributed by atoms with Crippen molar-refractivity contribution in [3.8, 4) is 0 Å². The second-order valence-corrected chi connectivity index (χ2v) is 16.7. The van der Waals surface area contributed by atoms with E-state index in [0.29, 0.717) is 16.7 Å². The van der Waals surface area contributed by atoms with Crippen LogP contribution < -0.4 is 0 Å². The van der Waals surface area contributed by atoms with E-state index in [1.54, 1.807) is 5.57 Å². The van der Waals surface area contributed by atoms with Crippen LogP contribution in [0.1, 0.15) is 173 Å².